The number of benzene rings is 1. The van der Waals surface area contributed by atoms with Crippen molar-refractivity contribution in [2.24, 2.45) is 5.92 Å². The number of aliphatic hydroxyl groups is 1. The molecule has 0 saturated carbocycles. The van der Waals surface area contributed by atoms with Crippen molar-refractivity contribution in [3.05, 3.63) is 29.8 Å². The van der Waals surface area contributed by atoms with E-state index in [1.165, 1.54) is 5.56 Å². The van der Waals surface area contributed by atoms with Crippen LogP contribution in [0, 0.1) is 5.92 Å². The van der Waals surface area contributed by atoms with Gasteiger partial charge in [-0.15, -0.1) is 0 Å². The van der Waals surface area contributed by atoms with Crippen LogP contribution < -0.4 is 4.74 Å². The Morgan fingerprint density at radius 3 is 2.48 bits per heavy atom. The number of hydrogen-bond donors (Lipinski definition) is 1. The average Bonchev–Trinajstić information content (AvgIpc) is 2.76. The minimum absolute atomic E-state index is 0.216. The van der Waals surface area contributed by atoms with Crippen molar-refractivity contribution in [3.8, 4) is 5.75 Å². The van der Waals surface area contributed by atoms with Crippen LogP contribution >= 0.6 is 0 Å². The summed E-state index contributed by atoms with van der Waals surface area (Å²) in [7, 11) is 5.82. The summed E-state index contributed by atoms with van der Waals surface area (Å²) in [6.45, 7) is 5.08. The Balaban J connectivity index is 2.05. The van der Waals surface area contributed by atoms with E-state index in [9.17, 15) is 5.11 Å². The highest BCUT2D eigenvalue weighted by Gasteiger charge is 2.39. The van der Waals surface area contributed by atoms with Gasteiger partial charge in [-0.3, -0.25) is 4.90 Å². The monoisotopic (exact) mass is 292 g/mol. The summed E-state index contributed by atoms with van der Waals surface area (Å²) >= 11 is 0. The molecule has 1 aliphatic heterocycles. The number of likely N-dealkylation sites (tertiary alicyclic amines) is 1. The molecule has 1 aromatic carbocycles. The molecule has 118 valence electrons. The zero-order valence-corrected chi connectivity index (χ0v) is 13.6. The first kappa shape index (κ1) is 16.3. The van der Waals surface area contributed by atoms with Gasteiger partial charge in [0.1, 0.15) is 5.75 Å². The van der Waals surface area contributed by atoms with Gasteiger partial charge in [-0.05, 0) is 44.8 Å². The zero-order valence-electron chi connectivity index (χ0n) is 13.6. The SMILES string of the molecule is CCN1CC(CN(C)C)C(O)C1Cc1ccc(OC)cc1. The molecule has 1 aromatic rings. The highest BCUT2D eigenvalue weighted by molar-refractivity contribution is 5.28. The van der Waals surface area contributed by atoms with Crippen LogP contribution in [0.25, 0.3) is 0 Å². The van der Waals surface area contributed by atoms with Crippen molar-refractivity contribution in [1.29, 1.82) is 0 Å². The van der Waals surface area contributed by atoms with Crippen molar-refractivity contribution >= 4 is 0 Å². The van der Waals surface area contributed by atoms with Crippen molar-refractivity contribution in [3.63, 3.8) is 0 Å². The van der Waals surface area contributed by atoms with Crippen LogP contribution in [0.3, 0.4) is 0 Å². The van der Waals surface area contributed by atoms with Gasteiger partial charge in [0.15, 0.2) is 0 Å². The molecular weight excluding hydrogens is 264 g/mol. The van der Waals surface area contributed by atoms with Gasteiger partial charge in [0.05, 0.1) is 13.2 Å². The van der Waals surface area contributed by atoms with Crippen LogP contribution in [0.4, 0.5) is 0 Å². The van der Waals surface area contributed by atoms with E-state index in [2.05, 4.69) is 43.0 Å². The van der Waals surface area contributed by atoms with Gasteiger partial charge in [-0.25, -0.2) is 0 Å². The van der Waals surface area contributed by atoms with E-state index in [0.29, 0.717) is 5.92 Å². The van der Waals surface area contributed by atoms with E-state index in [0.717, 1.165) is 31.8 Å². The van der Waals surface area contributed by atoms with Gasteiger partial charge in [-0.1, -0.05) is 19.1 Å². The highest BCUT2D eigenvalue weighted by Crippen LogP contribution is 2.27. The normalized spacial score (nSPS) is 26.5. The Hall–Kier alpha value is -1.10. The van der Waals surface area contributed by atoms with Crippen LogP contribution in [0.15, 0.2) is 24.3 Å². The van der Waals surface area contributed by atoms with E-state index >= 15 is 0 Å². The van der Waals surface area contributed by atoms with E-state index in [1.807, 2.05) is 12.1 Å². The number of hydrogen-bond acceptors (Lipinski definition) is 4. The van der Waals surface area contributed by atoms with Crippen molar-refractivity contribution in [2.45, 2.75) is 25.5 Å². The second-order valence-corrected chi connectivity index (χ2v) is 6.22. The van der Waals surface area contributed by atoms with E-state index in [1.54, 1.807) is 7.11 Å². The second kappa shape index (κ2) is 7.25. The van der Waals surface area contributed by atoms with Gasteiger partial charge < -0.3 is 14.7 Å². The third-order valence-corrected chi connectivity index (χ3v) is 4.42. The van der Waals surface area contributed by atoms with Gasteiger partial charge in [-0.2, -0.15) is 0 Å². The van der Waals surface area contributed by atoms with Gasteiger partial charge in [0.2, 0.25) is 0 Å². The maximum absolute atomic E-state index is 10.7. The molecule has 1 N–H and O–H groups in total. The van der Waals surface area contributed by atoms with Crippen molar-refractivity contribution < 1.29 is 9.84 Å². The maximum atomic E-state index is 10.7. The second-order valence-electron chi connectivity index (χ2n) is 6.22. The minimum Gasteiger partial charge on any atom is -0.497 e. The molecule has 0 radical (unpaired) electrons. The number of nitrogens with zero attached hydrogens (tertiary/aromatic N) is 2. The summed E-state index contributed by atoms with van der Waals surface area (Å²) < 4.78 is 5.20. The van der Waals surface area contributed by atoms with Crippen LogP contribution in [-0.4, -0.2) is 67.9 Å². The Morgan fingerprint density at radius 1 is 1.29 bits per heavy atom. The lowest BCUT2D eigenvalue weighted by atomic mass is 9.96. The average molecular weight is 292 g/mol. The number of methoxy groups -OCH3 is 1. The van der Waals surface area contributed by atoms with Gasteiger partial charge >= 0.3 is 0 Å². The fourth-order valence-electron chi connectivity index (χ4n) is 3.33. The summed E-state index contributed by atoms with van der Waals surface area (Å²) in [5.74, 6) is 1.21. The summed E-state index contributed by atoms with van der Waals surface area (Å²) in [5, 5.41) is 10.7. The molecule has 0 aliphatic carbocycles. The van der Waals surface area contributed by atoms with E-state index in [4.69, 9.17) is 4.74 Å². The standard InChI is InChI=1S/C17H28N2O2/c1-5-19-12-14(11-18(2)3)17(20)16(19)10-13-6-8-15(21-4)9-7-13/h6-9,14,16-17,20H,5,10-12H2,1-4H3. The van der Waals surface area contributed by atoms with Crippen molar-refractivity contribution in [2.75, 3.05) is 40.8 Å². The van der Waals surface area contributed by atoms with E-state index < -0.39 is 0 Å². The van der Waals surface area contributed by atoms with Crippen molar-refractivity contribution in [1.82, 2.24) is 9.80 Å². The van der Waals surface area contributed by atoms with Crippen LogP contribution in [0.2, 0.25) is 0 Å². The lowest BCUT2D eigenvalue weighted by Gasteiger charge is -2.25. The molecular formula is C17H28N2O2. The molecule has 0 spiro atoms. The fourth-order valence-corrected chi connectivity index (χ4v) is 3.33. The summed E-state index contributed by atoms with van der Waals surface area (Å²) in [6.07, 6.45) is 0.637. The third-order valence-electron chi connectivity index (χ3n) is 4.42. The predicted octanol–water partition coefficient (Wildman–Crippen LogP) is 1.48. The molecule has 0 bridgehead atoms. The summed E-state index contributed by atoms with van der Waals surface area (Å²) in [4.78, 5) is 4.57. The lowest BCUT2D eigenvalue weighted by molar-refractivity contribution is 0.0871. The number of likely N-dealkylation sites (N-methyl/N-ethyl adjacent to an activating group) is 1. The van der Waals surface area contributed by atoms with Gasteiger partial charge in [0, 0.05) is 25.0 Å². The minimum atomic E-state index is -0.255. The van der Waals surface area contributed by atoms with Crippen LogP contribution in [-0.2, 0) is 6.42 Å². The van der Waals surface area contributed by atoms with Crippen LogP contribution in [0.5, 0.6) is 5.75 Å². The Kier molecular flexibility index (Phi) is 5.62. The lowest BCUT2D eigenvalue weighted by Crippen LogP contribution is -2.38. The first-order valence-electron chi connectivity index (χ1n) is 7.75. The smallest absolute Gasteiger partial charge is 0.118 e. The van der Waals surface area contributed by atoms with Crippen LogP contribution in [0.1, 0.15) is 12.5 Å². The molecule has 4 heteroatoms. The predicted molar refractivity (Wildman–Crippen MR) is 85.8 cm³/mol. The Labute approximate surface area is 128 Å². The molecule has 3 atom stereocenters. The largest absolute Gasteiger partial charge is 0.497 e. The van der Waals surface area contributed by atoms with E-state index in [-0.39, 0.29) is 12.1 Å². The molecule has 0 amide bonds. The third kappa shape index (κ3) is 3.96. The molecule has 4 nitrogen and oxygen atoms in total. The molecule has 1 fully saturated rings. The summed E-state index contributed by atoms with van der Waals surface area (Å²) in [5.41, 5.74) is 1.25. The topological polar surface area (TPSA) is 35.9 Å². The van der Waals surface area contributed by atoms with Gasteiger partial charge in [0.25, 0.3) is 0 Å². The highest BCUT2D eigenvalue weighted by atomic mass is 16.5. The quantitative estimate of drug-likeness (QED) is 0.861. The first-order valence-corrected chi connectivity index (χ1v) is 7.75. The molecule has 2 rings (SSSR count). The molecule has 0 aromatic heterocycles. The Bertz CT molecular complexity index is 433. The fraction of sp³-hybridized carbons (Fsp3) is 0.647. The number of rotatable bonds is 6. The number of ether oxygens (including phenoxy) is 1. The molecule has 21 heavy (non-hydrogen) atoms. The maximum Gasteiger partial charge on any atom is 0.118 e. The Morgan fingerprint density at radius 2 is 1.95 bits per heavy atom. The first-order chi connectivity index (χ1) is 10.0. The molecule has 1 heterocycles. The summed E-state index contributed by atoms with van der Waals surface area (Å²) in [6, 6.07) is 8.39. The molecule has 1 aliphatic rings. The molecule has 1 saturated heterocycles. The molecule has 3 unspecified atom stereocenters. The zero-order chi connectivity index (χ0) is 15.4. The number of aliphatic hydroxyl groups excluding tert-OH is 1.